The van der Waals surface area contributed by atoms with E-state index in [1.165, 1.54) is 25.3 Å². The number of ether oxygens (including phenoxy) is 1. The van der Waals surface area contributed by atoms with Gasteiger partial charge in [-0.05, 0) is 48.4 Å². The predicted octanol–water partition coefficient (Wildman–Crippen LogP) is 3.87. The largest absolute Gasteiger partial charge is 0.494 e. The summed E-state index contributed by atoms with van der Waals surface area (Å²) in [7, 11) is 1.44. The van der Waals surface area contributed by atoms with Crippen LogP contribution in [0.1, 0.15) is 24.1 Å². The molecule has 4 heteroatoms. The van der Waals surface area contributed by atoms with Crippen LogP contribution in [0, 0.1) is 11.6 Å². The Bertz CT molecular complexity index is 584. The van der Waals surface area contributed by atoms with Crippen molar-refractivity contribution in [1.29, 1.82) is 0 Å². The summed E-state index contributed by atoms with van der Waals surface area (Å²) in [5.74, 6) is -0.394. The van der Waals surface area contributed by atoms with Crippen molar-refractivity contribution in [2.75, 3.05) is 13.7 Å². The Kier molecular flexibility index (Phi) is 5.28. The molecule has 1 N–H and O–H groups in total. The molecule has 2 aromatic rings. The summed E-state index contributed by atoms with van der Waals surface area (Å²) in [6.45, 7) is 2.78. The molecular weight excluding hydrogens is 272 g/mol. The molecule has 0 fully saturated rings. The first-order chi connectivity index (χ1) is 10.1. The second-order valence-electron chi connectivity index (χ2n) is 4.83. The average Bonchev–Trinajstić information content (AvgIpc) is 2.48. The highest BCUT2D eigenvalue weighted by molar-refractivity contribution is 5.31. The van der Waals surface area contributed by atoms with Crippen LogP contribution in [-0.2, 0) is 6.42 Å². The lowest BCUT2D eigenvalue weighted by atomic mass is 9.98. The molecule has 0 aliphatic rings. The standard InChI is InChI=1S/C17H19F2NO/c1-3-20-16(13-5-7-14(18)8-6-13)11-12-4-9-17(21-2)15(19)10-12/h4-10,16,20H,3,11H2,1-2H3. The van der Waals surface area contributed by atoms with Crippen molar-refractivity contribution in [2.45, 2.75) is 19.4 Å². The molecule has 0 aliphatic carbocycles. The van der Waals surface area contributed by atoms with Gasteiger partial charge in [0.05, 0.1) is 7.11 Å². The lowest BCUT2D eigenvalue weighted by molar-refractivity contribution is 0.386. The zero-order valence-electron chi connectivity index (χ0n) is 12.2. The Morgan fingerprint density at radius 1 is 1.10 bits per heavy atom. The van der Waals surface area contributed by atoms with Gasteiger partial charge in [0.1, 0.15) is 5.82 Å². The third-order valence-corrected chi connectivity index (χ3v) is 3.38. The van der Waals surface area contributed by atoms with Crippen molar-refractivity contribution in [3.05, 3.63) is 65.2 Å². The molecule has 112 valence electrons. The topological polar surface area (TPSA) is 21.3 Å². The zero-order chi connectivity index (χ0) is 15.2. The van der Waals surface area contributed by atoms with Crippen LogP contribution >= 0.6 is 0 Å². The maximum atomic E-state index is 13.7. The summed E-state index contributed by atoms with van der Waals surface area (Å²) in [6, 6.07) is 11.3. The van der Waals surface area contributed by atoms with E-state index in [9.17, 15) is 8.78 Å². The molecule has 1 atom stereocenters. The van der Waals surface area contributed by atoms with Gasteiger partial charge in [-0.1, -0.05) is 25.1 Å². The van der Waals surface area contributed by atoms with E-state index in [0.29, 0.717) is 6.42 Å². The Balaban J connectivity index is 2.19. The zero-order valence-corrected chi connectivity index (χ0v) is 12.2. The molecule has 21 heavy (non-hydrogen) atoms. The second kappa shape index (κ2) is 7.18. The van der Waals surface area contributed by atoms with E-state index in [4.69, 9.17) is 4.74 Å². The number of rotatable bonds is 6. The van der Waals surface area contributed by atoms with Crippen LogP contribution < -0.4 is 10.1 Å². The van der Waals surface area contributed by atoms with Gasteiger partial charge in [0.2, 0.25) is 0 Å². The first kappa shape index (κ1) is 15.4. The van der Waals surface area contributed by atoms with Gasteiger partial charge in [0.15, 0.2) is 11.6 Å². The van der Waals surface area contributed by atoms with Gasteiger partial charge in [0, 0.05) is 6.04 Å². The van der Waals surface area contributed by atoms with Crippen LogP contribution in [0.25, 0.3) is 0 Å². The van der Waals surface area contributed by atoms with Crippen LogP contribution in [0.3, 0.4) is 0 Å². The molecule has 0 saturated heterocycles. The fourth-order valence-electron chi connectivity index (χ4n) is 2.32. The SMILES string of the molecule is CCNC(Cc1ccc(OC)c(F)c1)c1ccc(F)cc1. The molecule has 1 unspecified atom stereocenters. The van der Waals surface area contributed by atoms with E-state index in [-0.39, 0.29) is 23.4 Å². The quantitative estimate of drug-likeness (QED) is 0.872. The van der Waals surface area contributed by atoms with E-state index in [0.717, 1.165) is 17.7 Å². The third-order valence-electron chi connectivity index (χ3n) is 3.38. The monoisotopic (exact) mass is 291 g/mol. The maximum absolute atomic E-state index is 13.7. The van der Waals surface area contributed by atoms with Gasteiger partial charge in [-0.2, -0.15) is 0 Å². The molecule has 0 amide bonds. The third kappa shape index (κ3) is 4.02. The first-order valence-corrected chi connectivity index (χ1v) is 6.95. The van der Waals surface area contributed by atoms with E-state index < -0.39 is 0 Å². The summed E-state index contributed by atoms with van der Waals surface area (Å²) < 4.78 is 31.7. The molecule has 2 rings (SSSR count). The van der Waals surface area contributed by atoms with Crippen LogP contribution in [0.4, 0.5) is 8.78 Å². The lowest BCUT2D eigenvalue weighted by Crippen LogP contribution is -2.23. The van der Waals surface area contributed by atoms with Gasteiger partial charge in [-0.15, -0.1) is 0 Å². The first-order valence-electron chi connectivity index (χ1n) is 6.95. The highest BCUT2D eigenvalue weighted by Crippen LogP contribution is 2.23. The summed E-state index contributed by atoms with van der Waals surface area (Å²) in [6.07, 6.45) is 0.625. The highest BCUT2D eigenvalue weighted by atomic mass is 19.1. The smallest absolute Gasteiger partial charge is 0.165 e. The van der Waals surface area contributed by atoms with Crippen LogP contribution in [0.15, 0.2) is 42.5 Å². The number of hydrogen-bond donors (Lipinski definition) is 1. The molecule has 2 nitrogen and oxygen atoms in total. The van der Waals surface area contributed by atoms with Gasteiger partial charge in [-0.3, -0.25) is 0 Å². The molecule has 0 heterocycles. The van der Waals surface area contributed by atoms with Crippen molar-refractivity contribution in [1.82, 2.24) is 5.32 Å². The molecular formula is C17H19F2NO. The molecule has 0 aromatic heterocycles. The fraction of sp³-hybridized carbons (Fsp3) is 0.294. The number of methoxy groups -OCH3 is 1. The fourth-order valence-corrected chi connectivity index (χ4v) is 2.32. The number of hydrogen-bond acceptors (Lipinski definition) is 2. The minimum absolute atomic E-state index is 0.0170. The Labute approximate surface area is 123 Å². The van der Waals surface area contributed by atoms with E-state index >= 15 is 0 Å². The van der Waals surface area contributed by atoms with Crippen molar-refractivity contribution in [2.24, 2.45) is 0 Å². The van der Waals surface area contributed by atoms with Gasteiger partial charge in [-0.25, -0.2) is 8.78 Å². The average molecular weight is 291 g/mol. The van der Waals surface area contributed by atoms with Gasteiger partial charge in [0.25, 0.3) is 0 Å². The highest BCUT2D eigenvalue weighted by Gasteiger charge is 2.13. The van der Waals surface area contributed by atoms with Crippen LogP contribution in [-0.4, -0.2) is 13.7 Å². The number of likely N-dealkylation sites (N-methyl/N-ethyl adjacent to an activating group) is 1. The normalized spacial score (nSPS) is 12.2. The molecule has 0 aliphatic heterocycles. The van der Waals surface area contributed by atoms with Gasteiger partial charge < -0.3 is 10.1 Å². The van der Waals surface area contributed by atoms with Crippen molar-refractivity contribution in [3.8, 4) is 5.75 Å². The molecule has 0 saturated carbocycles. The van der Waals surface area contributed by atoms with Crippen molar-refractivity contribution >= 4 is 0 Å². The van der Waals surface area contributed by atoms with Crippen molar-refractivity contribution in [3.63, 3.8) is 0 Å². The van der Waals surface area contributed by atoms with Crippen LogP contribution in [0.5, 0.6) is 5.75 Å². The summed E-state index contributed by atoms with van der Waals surface area (Å²) in [5.41, 5.74) is 1.85. The van der Waals surface area contributed by atoms with E-state index in [1.807, 2.05) is 13.0 Å². The lowest BCUT2D eigenvalue weighted by Gasteiger charge is -2.19. The molecule has 0 radical (unpaired) electrons. The van der Waals surface area contributed by atoms with E-state index in [2.05, 4.69) is 5.32 Å². The van der Waals surface area contributed by atoms with Crippen LogP contribution in [0.2, 0.25) is 0 Å². The predicted molar refractivity (Wildman–Crippen MR) is 79.5 cm³/mol. The Hall–Kier alpha value is -1.94. The minimum Gasteiger partial charge on any atom is -0.494 e. The Morgan fingerprint density at radius 3 is 2.38 bits per heavy atom. The molecule has 0 spiro atoms. The van der Waals surface area contributed by atoms with E-state index in [1.54, 1.807) is 18.2 Å². The summed E-state index contributed by atoms with van der Waals surface area (Å²) in [4.78, 5) is 0. The molecule has 2 aromatic carbocycles. The Morgan fingerprint density at radius 2 is 1.81 bits per heavy atom. The summed E-state index contributed by atoms with van der Waals surface area (Å²) in [5, 5.41) is 3.34. The van der Waals surface area contributed by atoms with Gasteiger partial charge >= 0.3 is 0 Å². The maximum Gasteiger partial charge on any atom is 0.165 e. The number of halogens is 2. The van der Waals surface area contributed by atoms with Crippen molar-refractivity contribution < 1.29 is 13.5 Å². The second-order valence-corrected chi connectivity index (χ2v) is 4.83. The number of benzene rings is 2. The summed E-state index contributed by atoms with van der Waals surface area (Å²) >= 11 is 0. The molecule has 0 bridgehead atoms. The number of nitrogens with one attached hydrogen (secondary N) is 1. The minimum atomic E-state index is -0.371.